The Balaban J connectivity index is 2.04. The quantitative estimate of drug-likeness (QED) is 0.839. The van der Waals surface area contributed by atoms with Gasteiger partial charge in [-0.1, -0.05) is 20.8 Å². The SMILES string of the molecule is CCc1nc(C)sc1CN1CCN(CC(C)C)C(=O)C1C. The minimum absolute atomic E-state index is 0.0235. The van der Waals surface area contributed by atoms with Gasteiger partial charge in [0.25, 0.3) is 0 Å². The lowest BCUT2D eigenvalue weighted by atomic mass is 10.1. The number of carbonyl (C=O) groups excluding carboxylic acids is 1. The van der Waals surface area contributed by atoms with Crippen LogP contribution in [0, 0.1) is 12.8 Å². The first-order chi connectivity index (χ1) is 9.92. The van der Waals surface area contributed by atoms with E-state index >= 15 is 0 Å². The van der Waals surface area contributed by atoms with E-state index in [9.17, 15) is 4.79 Å². The van der Waals surface area contributed by atoms with Gasteiger partial charge in [0.15, 0.2) is 0 Å². The predicted octanol–water partition coefficient (Wildman–Crippen LogP) is 2.70. The van der Waals surface area contributed by atoms with Gasteiger partial charge < -0.3 is 4.90 Å². The second-order valence-corrected chi connectivity index (χ2v) is 7.57. The molecule has 21 heavy (non-hydrogen) atoms. The Hall–Kier alpha value is -0.940. The summed E-state index contributed by atoms with van der Waals surface area (Å²) < 4.78 is 0. The summed E-state index contributed by atoms with van der Waals surface area (Å²) in [7, 11) is 0. The van der Waals surface area contributed by atoms with E-state index < -0.39 is 0 Å². The number of piperazine rings is 1. The van der Waals surface area contributed by atoms with Gasteiger partial charge in [0.1, 0.15) is 0 Å². The van der Waals surface area contributed by atoms with Crippen LogP contribution in [0.1, 0.15) is 43.3 Å². The molecule has 1 aromatic heterocycles. The molecule has 2 heterocycles. The molecule has 1 fully saturated rings. The highest BCUT2D eigenvalue weighted by Crippen LogP contribution is 2.23. The van der Waals surface area contributed by atoms with Gasteiger partial charge in [-0.05, 0) is 26.2 Å². The molecule has 1 amide bonds. The number of carbonyl (C=O) groups is 1. The Morgan fingerprint density at radius 3 is 2.71 bits per heavy atom. The molecule has 118 valence electrons. The molecule has 1 saturated heterocycles. The molecule has 0 N–H and O–H groups in total. The van der Waals surface area contributed by atoms with Gasteiger partial charge in [-0.2, -0.15) is 0 Å². The van der Waals surface area contributed by atoms with Crippen molar-refractivity contribution in [2.24, 2.45) is 5.92 Å². The van der Waals surface area contributed by atoms with Crippen molar-refractivity contribution in [2.75, 3.05) is 19.6 Å². The third-order valence-corrected chi connectivity index (χ3v) is 5.02. The molecule has 0 saturated carbocycles. The molecule has 1 aliphatic heterocycles. The van der Waals surface area contributed by atoms with Crippen LogP contribution in [-0.2, 0) is 17.8 Å². The number of rotatable bonds is 5. The minimum Gasteiger partial charge on any atom is -0.340 e. The second kappa shape index (κ2) is 6.88. The summed E-state index contributed by atoms with van der Waals surface area (Å²) in [5, 5.41) is 1.12. The molecule has 5 heteroatoms. The predicted molar refractivity (Wildman–Crippen MR) is 87.5 cm³/mol. The first kappa shape index (κ1) is 16.4. The molecule has 0 radical (unpaired) electrons. The van der Waals surface area contributed by atoms with E-state index in [-0.39, 0.29) is 11.9 Å². The minimum atomic E-state index is -0.0235. The Bertz CT molecular complexity index is 498. The highest BCUT2D eigenvalue weighted by atomic mass is 32.1. The number of thiazole rings is 1. The van der Waals surface area contributed by atoms with Gasteiger partial charge >= 0.3 is 0 Å². The molecular weight excluding hydrogens is 282 g/mol. The Kier molecular flexibility index (Phi) is 5.38. The lowest BCUT2D eigenvalue weighted by Crippen LogP contribution is -2.56. The van der Waals surface area contributed by atoms with Crippen LogP contribution in [0.4, 0.5) is 0 Å². The highest BCUT2D eigenvalue weighted by molar-refractivity contribution is 7.11. The van der Waals surface area contributed by atoms with E-state index in [1.165, 1.54) is 10.6 Å². The summed E-state index contributed by atoms with van der Waals surface area (Å²) in [4.78, 5) is 22.7. The summed E-state index contributed by atoms with van der Waals surface area (Å²) in [6, 6.07) is -0.0235. The fraction of sp³-hybridized carbons (Fsp3) is 0.750. The molecule has 2 rings (SSSR count). The molecule has 1 aromatic rings. The summed E-state index contributed by atoms with van der Waals surface area (Å²) in [5.41, 5.74) is 1.20. The standard InChI is InChI=1S/C16H27N3OS/c1-6-14-15(21-13(5)17-14)10-18-7-8-19(9-11(2)3)16(20)12(18)4/h11-12H,6-10H2,1-5H3. The summed E-state index contributed by atoms with van der Waals surface area (Å²) in [6.45, 7) is 14.1. The van der Waals surface area contributed by atoms with Gasteiger partial charge in [0.05, 0.1) is 16.7 Å². The van der Waals surface area contributed by atoms with Crippen molar-refractivity contribution in [1.29, 1.82) is 0 Å². The number of nitrogens with zero attached hydrogens (tertiary/aromatic N) is 3. The van der Waals surface area contributed by atoms with Crippen LogP contribution >= 0.6 is 11.3 Å². The Labute approximate surface area is 132 Å². The monoisotopic (exact) mass is 309 g/mol. The van der Waals surface area contributed by atoms with Crippen molar-refractivity contribution in [3.8, 4) is 0 Å². The molecule has 0 aromatic carbocycles. The molecule has 0 spiro atoms. The number of hydrogen-bond donors (Lipinski definition) is 0. The van der Waals surface area contributed by atoms with Crippen molar-refractivity contribution in [1.82, 2.24) is 14.8 Å². The molecule has 1 unspecified atom stereocenters. The van der Waals surface area contributed by atoms with Crippen LogP contribution in [-0.4, -0.2) is 46.4 Å². The lowest BCUT2D eigenvalue weighted by Gasteiger charge is -2.39. The molecule has 0 bridgehead atoms. The zero-order valence-electron chi connectivity index (χ0n) is 13.8. The maximum atomic E-state index is 12.5. The average molecular weight is 309 g/mol. The van der Waals surface area contributed by atoms with Crippen molar-refractivity contribution < 1.29 is 4.79 Å². The zero-order chi connectivity index (χ0) is 15.6. The highest BCUT2D eigenvalue weighted by Gasteiger charge is 2.32. The summed E-state index contributed by atoms with van der Waals surface area (Å²) in [5.74, 6) is 0.803. The van der Waals surface area contributed by atoms with Crippen LogP contribution in [0.5, 0.6) is 0 Å². The third-order valence-electron chi connectivity index (χ3n) is 4.03. The van der Waals surface area contributed by atoms with Crippen LogP contribution in [0.3, 0.4) is 0 Å². The largest absolute Gasteiger partial charge is 0.340 e. The van der Waals surface area contributed by atoms with E-state index in [1.807, 2.05) is 11.8 Å². The normalized spacial score (nSPS) is 20.6. The Morgan fingerprint density at radius 1 is 1.38 bits per heavy atom. The van der Waals surface area contributed by atoms with Crippen molar-refractivity contribution in [3.63, 3.8) is 0 Å². The van der Waals surface area contributed by atoms with Crippen molar-refractivity contribution in [2.45, 2.75) is 53.6 Å². The average Bonchev–Trinajstić information content (AvgIpc) is 2.78. The van der Waals surface area contributed by atoms with Crippen LogP contribution < -0.4 is 0 Å². The zero-order valence-corrected chi connectivity index (χ0v) is 14.7. The first-order valence-electron chi connectivity index (χ1n) is 7.90. The fourth-order valence-electron chi connectivity index (χ4n) is 2.91. The Morgan fingerprint density at radius 2 is 2.10 bits per heavy atom. The van der Waals surface area contributed by atoms with Gasteiger partial charge in [-0.3, -0.25) is 9.69 Å². The molecule has 4 nitrogen and oxygen atoms in total. The van der Waals surface area contributed by atoms with E-state index in [0.717, 1.165) is 37.6 Å². The third kappa shape index (κ3) is 3.83. The number of aromatic nitrogens is 1. The smallest absolute Gasteiger partial charge is 0.239 e. The van der Waals surface area contributed by atoms with Gasteiger partial charge in [-0.25, -0.2) is 4.98 Å². The van der Waals surface area contributed by atoms with E-state index in [4.69, 9.17) is 0 Å². The first-order valence-corrected chi connectivity index (χ1v) is 8.72. The van der Waals surface area contributed by atoms with E-state index in [1.54, 1.807) is 11.3 Å². The summed E-state index contributed by atoms with van der Waals surface area (Å²) >= 11 is 1.77. The van der Waals surface area contributed by atoms with Crippen molar-refractivity contribution in [3.05, 3.63) is 15.6 Å². The summed E-state index contributed by atoms with van der Waals surface area (Å²) in [6.07, 6.45) is 0.968. The van der Waals surface area contributed by atoms with Crippen molar-refractivity contribution >= 4 is 17.2 Å². The van der Waals surface area contributed by atoms with Gasteiger partial charge in [0, 0.05) is 31.1 Å². The van der Waals surface area contributed by atoms with E-state index in [2.05, 4.69) is 37.6 Å². The van der Waals surface area contributed by atoms with Crippen LogP contribution in [0.15, 0.2) is 0 Å². The van der Waals surface area contributed by atoms with E-state index in [0.29, 0.717) is 5.92 Å². The number of amides is 1. The van der Waals surface area contributed by atoms with Gasteiger partial charge in [0.2, 0.25) is 5.91 Å². The lowest BCUT2D eigenvalue weighted by molar-refractivity contribution is -0.141. The molecule has 1 atom stereocenters. The van der Waals surface area contributed by atoms with Crippen LogP contribution in [0.2, 0.25) is 0 Å². The maximum absolute atomic E-state index is 12.5. The van der Waals surface area contributed by atoms with Gasteiger partial charge in [-0.15, -0.1) is 11.3 Å². The molecule has 1 aliphatic rings. The second-order valence-electron chi connectivity index (χ2n) is 6.28. The van der Waals surface area contributed by atoms with Crippen LogP contribution in [0.25, 0.3) is 0 Å². The maximum Gasteiger partial charge on any atom is 0.239 e. The number of aryl methyl sites for hydroxylation is 2. The molecule has 0 aliphatic carbocycles. The fourth-order valence-corrected chi connectivity index (χ4v) is 3.96. The number of hydrogen-bond acceptors (Lipinski definition) is 4. The molecular formula is C16H27N3OS. The topological polar surface area (TPSA) is 36.4 Å².